The number of aryl methyl sites for hydroxylation is 1. The van der Waals surface area contributed by atoms with Crippen molar-refractivity contribution in [2.24, 2.45) is 0 Å². The first-order valence-corrected chi connectivity index (χ1v) is 5.02. The molecule has 0 unspecified atom stereocenters. The number of hydrogen-bond acceptors (Lipinski definition) is 3. The molecule has 0 bridgehead atoms. The largest absolute Gasteiger partial charge is 0.448 e. The van der Waals surface area contributed by atoms with E-state index in [1.165, 1.54) is 6.26 Å². The Labute approximate surface area is 97.2 Å². The van der Waals surface area contributed by atoms with Crippen LogP contribution in [0.1, 0.15) is 16.4 Å². The molecule has 2 aromatic rings. The molecule has 1 N–H and O–H groups in total. The molecular formula is C11H9ClN2O2. The van der Waals surface area contributed by atoms with Crippen LogP contribution in [0.4, 0.5) is 5.69 Å². The summed E-state index contributed by atoms with van der Waals surface area (Å²) in [5.74, 6) is 0.106. The number of oxazole rings is 1. The zero-order valence-corrected chi connectivity index (χ0v) is 9.28. The predicted molar refractivity (Wildman–Crippen MR) is 60.6 cm³/mol. The van der Waals surface area contributed by atoms with E-state index in [2.05, 4.69) is 10.3 Å². The van der Waals surface area contributed by atoms with E-state index >= 15 is 0 Å². The molecule has 1 amide bonds. The van der Waals surface area contributed by atoms with E-state index < -0.39 is 0 Å². The van der Waals surface area contributed by atoms with Gasteiger partial charge in [0.1, 0.15) is 6.26 Å². The molecule has 1 aromatic heterocycles. The van der Waals surface area contributed by atoms with Gasteiger partial charge in [-0.05, 0) is 12.1 Å². The third-order valence-corrected chi connectivity index (χ3v) is 2.30. The number of benzene rings is 1. The first kappa shape index (κ1) is 10.7. The standard InChI is InChI=1S/C11H9ClN2O2/c1-7-13-10(6-16-7)11(15)14-9-5-3-2-4-8(9)12/h2-6H,1H3,(H,14,15). The number of carbonyl (C=O) groups is 1. The van der Waals surface area contributed by atoms with E-state index in [-0.39, 0.29) is 11.6 Å². The van der Waals surface area contributed by atoms with Gasteiger partial charge in [-0.3, -0.25) is 4.79 Å². The molecule has 0 saturated heterocycles. The molecule has 82 valence electrons. The van der Waals surface area contributed by atoms with Crippen molar-refractivity contribution in [2.45, 2.75) is 6.92 Å². The minimum Gasteiger partial charge on any atom is -0.448 e. The van der Waals surface area contributed by atoms with Crippen LogP contribution in [0.5, 0.6) is 0 Å². The first-order valence-electron chi connectivity index (χ1n) is 4.65. The Hall–Kier alpha value is -1.81. The van der Waals surface area contributed by atoms with Gasteiger partial charge in [0.25, 0.3) is 5.91 Å². The van der Waals surface area contributed by atoms with Crippen molar-refractivity contribution < 1.29 is 9.21 Å². The van der Waals surface area contributed by atoms with Gasteiger partial charge in [0, 0.05) is 6.92 Å². The summed E-state index contributed by atoms with van der Waals surface area (Å²) >= 11 is 5.90. The van der Waals surface area contributed by atoms with Crippen LogP contribution < -0.4 is 5.32 Å². The number of halogens is 1. The van der Waals surface area contributed by atoms with E-state index in [0.29, 0.717) is 16.6 Å². The zero-order chi connectivity index (χ0) is 11.5. The number of para-hydroxylation sites is 1. The number of rotatable bonds is 2. The van der Waals surface area contributed by atoms with Crippen molar-refractivity contribution in [3.63, 3.8) is 0 Å². The molecule has 2 rings (SSSR count). The van der Waals surface area contributed by atoms with Crippen molar-refractivity contribution in [1.82, 2.24) is 4.98 Å². The number of amides is 1. The molecule has 0 radical (unpaired) electrons. The molecule has 1 heterocycles. The predicted octanol–water partition coefficient (Wildman–Crippen LogP) is 2.89. The minimum atomic E-state index is -0.343. The minimum absolute atomic E-state index is 0.234. The summed E-state index contributed by atoms with van der Waals surface area (Å²) in [4.78, 5) is 15.6. The van der Waals surface area contributed by atoms with Crippen LogP contribution in [0, 0.1) is 6.92 Å². The molecular weight excluding hydrogens is 228 g/mol. The second kappa shape index (κ2) is 4.37. The van der Waals surface area contributed by atoms with Gasteiger partial charge in [0.2, 0.25) is 0 Å². The van der Waals surface area contributed by atoms with Gasteiger partial charge in [-0.15, -0.1) is 0 Å². The van der Waals surface area contributed by atoms with Gasteiger partial charge in [0.05, 0.1) is 10.7 Å². The molecule has 16 heavy (non-hydrogen) atoms. The van der Waals surface area contributed by atoms with Crippen LogP contribution in [0.25, 0.3) is 0 Å². The summed E-state index contributed by atoms with van der Waals surface area (Å²) in [7, 11) is 0. The van der Waals surface area contributed by atoms with Crippen LogP contribution in [-0.2, 0) is 0 Å². The fraction of sp³-hybridized carbons (Fsp3) is 0.0909. The third kappa shape index (κ3) is 2.23. The molecule has 1 aromatic carbocycles. The van der Waals surface area contributed by atoms with E-state index in [9.17, 15) is 4.79 Å². The summed E-state index contributed by atoms with van der Waals surface area (Å²) in [6, 6.07) is 6.99. The molecule has 0 aliphatic rings. The number of hydrogen-bond donors (Lipinski definition) is 1. The molecule has 0 fully saturated rings. The highest BCUT2D eigenvalue weighted by Crippen LogP contribution is 2.20. The third-order valence-electron chi connectivity index (χ3n) is 1.97. The summed E-state index contributed by atoms with van der Waals surface area (Å²) in [5.41, 5.74) is 0.784. The normalized spacial score (nSPS) is 10.1. The SMILES string of the molecule is Cc1nc(C(=O)Nc2ccccc2Cl)co1. The summed E-state index contributed by atoms with van der Waals surface area (Å²) in [5, 5.41) is 3.13. The average Bonchev–Trinajstić information content (AvgIpc) is 2.68. The lowest BCUT2D eigenvalue weighted by Crippen LogP contribution is -2.12. The van der Waals surface area contributed by atoms with Crippen molar-refractivity contribution in [3.05, 3.63) is 47.1 Å². The quantitative estimate of drug-likeness (QED) is 0.872. The van der Waals surface area contributed by atoms with Gasteiger partial charge >= 0.3 is 0 Å². The maximum absolute atomic E-state index is 11.7. The molecule has 0 aliphatic heterocycles. The lowest BCUT2D eigenvalue weighted by Gasteiger charge is -2.04. The van der Waals surface area contributed by atoms with Gasteiger partial charge in [-0.25, -0.2) is 4.98 Å². The van der Waals surface area contributed by atoms with Crippen LogP contribution in [-0.4, -0.2) is 10.9 Å². The van der Waals surface area contributed by atoms with Crippen LogP contribution in [0.2, 0.25) is 5.02 Å². The topological polar surface area (TPSA) is 55.1 Å². The van der Waals surface area contributed by atoms with Crippen LogP contribution >= 0.6 is 11.6 Å². The lowest BCUT2D eigenvalue weighted by molar-refractivity contribution is 0.102. The Balaban J connectivity index is 2.17. The zero-order valence-electron chi connectivity index (χ0n) is 8.53. The highest BCUT2D eigenvalue weighted by Gasteiger charge is 2.11. The Morgan fingerprint density at radius 3 is 2.81 bits per heavy atom. The van der Waals surface area contributed by atoms with Crippen LogP contribution in [0.3, 0.4) is 0 Å². The van der Waals surface area contributed by atoms with Gasteiger partial charge in [0.15, 0.2) is 11.6 Å². The summed E-state index contributed by atoms with van der Waals surface area (Å²) < 4.78 is 4.95. The van der Waals surface area contributed by atoms with E-state index in [4.69, 9.17) is 16.0 Å². The second-order valence-electron chi connectivity index (χ2n) is 3.19. The molecule has 0 saturated carbocycles. The maximum atomic E-state index is 11.7. The van der Waals surface area contributed by atoms with Gasteiger partial charge in [-0.2, -0.15) is 0 Å². The Morgan fingerprint density at radius 1 is 1.44 bits per heavy atom. The van der Waals surface area contributed by atoms with Crippen molar-refractivity contribution >= 4 is 23.2 Å². The first-order chi connectivity index (χ1) is 7.66. The Kier molecular flexibility index (Phi) is 2.92. The Bertz CT molecular complexity index is 522. The molecule has 0 atom stereocenters. The van der Waals surface area contributed by atoms with Gasteiger partial charge in [-0.1, -0.05) is 23.7 Å². The van der Waals surface area contributed by atoms with E-state index in [1.807, 2.05) is 0 Å². The van der Waals surface area contributed by atoms with Crippen molar-refractivity contribution in [2.75, 3.05) is 5.32 Å². The summed E-state index contributed by atoms with van der Waals surface area (Å²) in [6.45, 7) is 1.67. The number of nitrogens with zero attached hydrogens (tertiary/aromatic N) is 1. The fourth-order valence-corrected chi connectivity index (χ4v) is 1.40. The molecule has 4 nitrogen and oxygen atoms in total. The number of aromatic nitrogens is 1. The highest BCUT2D eigenvalue weighted by molar-refractivity contribution is 6.33. The summed E-state index contributed by atoms with van der Waals surface area (Å²) in [6.07, 6.45) is 1.31. The van der Waals surface area contributed by atoms with E-state index in [0.717, 1.165) is 0 Å². The van der Waals surface area contributed by atoms with E-state index in [1.54, 1.807) is 31.2 Å². The monoisotopic (exact) mass is 236 g/mol. The molecule has 0 spiro atoms. The molecule has 0 aliphatic carbocycles. The number of nitrogens with one attached hydrogen (secondary N) is 1. The second-order valence-corrected chi connectivity index (χ2v) is 3.59. The fourth-order valence-electron chi connectivity index (χ4n) is 1.22. The molecule has 5 heteroatoms. The Morgan fingerprint density at radius 2 is 2.19 bits per heavy atom. The number of anilines is 1. The van der Waals surface area contributed by atoms with Crippen molar-refractivity contribution in [1.29, 1.82) is 0 Å². The van der Waals surface area contributed by atoms with Gasteiger partial charge < -0.3 is 9.73 Å². The highest BCUT2D eigenvalue weighted by atomic mass is 35.5. The number of carbonyl (C=O) groups excluding carboxylic acids is 1. The van der Waals surface area contributed by atoms with Crippen molar-refractivity contribution in [3.8, 4) is 0 Å². The lowest BCUT2D eigenvalue weighted by atomic mass is 10.3. The average molecular weight is 237 g/mol. The maximum Gasteiger partial charge on any atom is 0.277 e. The van der Waals surface area contributed by atoms with Crippen LogP contribution in [0.15, 0.2) is 34.9 Å². The smallest absolute Gasteiger partial charge is 0.277 e.